The van der Waals surface area contributed by atoms with Crippen LogP contribution in [0.3, 0.4) is 0 Å². The SMILES string of the molecule is CC(C)[C@H]([NH2+][C@H](C)C(=O)Nc1cccc(Cl)c1)c1ccccc1. The van der Waals surface area contributed by atoms with Crippen LogP contribution in [0.5, 0.6) is 0 Å². The number of anilines is 1. The van der Waals surface area contributed by atoms with Crippen molar-refractivity contribution >= 4 is 23.2 Å². The first kappa shape index (κ1) is 17.5. The van der Waals surface area contributed by atoms with Gasteiger partial charge in [-0.1, -0.05) is 61.8 Å². The molecule has 0 saturated heterocycles. The van der Waals surface area contributed by atoms with Crippen LogP contribution >= 0.6 is 11.6 Å². The molecule has 0 aliphatic heterocycles. The van der Waals surface area contributed by atoms with E-state index in [2.05, 4.69) is 36.6 Å². The minimum absolute atomic E-state index is 0.0196. The maximum Gasteiger partial charge on any atom is 0.282 e. The van der Waals surface area contributed by atoms with E-state index in [1.54, 1.807) is 12.1 Å². The second-order valence-electron chi connectivity index (χ2n) is 6.16. The summed E-state index contributed by atoms with van der Waals surface area (Å²) in [6.45, 7) is 6.28. The number of carbonyl (C=O) groups excluding carboxylic acids is 1. The van der Waals surface area contributed by atoms with Gasteiger partial charge in [0.05, 0.1) is 0 Å². The minimum Gasteiger partial charge on any atom is -0.330 e. The Kier molecular flexibility index (Phi) is 6.20. The van der Waals surface area contributed by atoms with Crippen LogP contribution in [0.2, 0.25) is 5.02 Å². The van der Waals surface area contributed by atoms with Crippen molar-refractivity contribution in [2.24, 2.45) is 5.92 Å². The van der Waals surface area contributed by atoms with Gasteiger partial charge in [0.25, 0.3) is 5.91 Å². The van der Waals surface area contributed by atoms with Crippen molar-refractivity contribution < 1.29 is 10.1 Å². The van der Waals surface area contributed by atoms with E-state index >= 15 is 0 Å². The highest BCUT2D eigenvalue weighted by Crippen LogP contribution is 2.18. The third kappa shape index (κ3) is 5.08. The number of hydrogen-bond donors (Lipinski definition) is 2. The minimum atomic E-state index is -0.193. The zero-order chi connectivity index (χ0) is 16.8. The molecule has 0 radical (unpaired) electrons. The van der Waals surface area contributed by atoms with Crippen molar-refractivity contribution in [3.05, 3.63) is 65.2 Å². The zero-order valence-electron chi connectivity index (χ0n) is 13.8. The summed E-state index contributed by atoms with van der Waals surface area (Å²) in [6.07, 6.45) is 0. The normalized spacial score (nSPS) is 13.6. The smallest absolute Gasteiger partial charge is 0.282 e. The summed E-state index contributed by atoms with van der Waals surface area (Å²) in [5.74, 6) is 0.410. The van der Waals surface area contributed by atoms with Crippen molar-refractivity contribution in [1.82, 2.24) is 0 Å². The Balaban J connectivity index is 2.03. The maximum atomic E-state index is 12.4. The van der Waals surface area contributed by atoms with E-state index in [0.29, 0.717) is 10.9 Å². The van der Waals surface area contributed by atoms with Crippen LogP contribution in [-0.2, 0) is 4.79 Å². The van der Waals surface area contributed by atoms with Gasteiger partial charge in [-0.2, -0.15) is 0 Å². The summed E-state index contributed by atoms with van der Waals surface area (Å²) in [5.41, 5.74) is 1.97. The van der Waals surface area contributed by atoms with E-state index in [-0.39, 0.29) is 18.0 Å². The summed E-state index contributed by atoms with van der Waals surface area (Å²) in [5, 5.41) is 5.66. The van der Waals surface area contributed by atoms with Gasteiger partial charge in [0.15, 0.2) is 6.04 Å². The summed E-state index contributed by atoms with van der Waals surface area (Å²) in [6, 6.07) is 17.6. The van der Waals surface area contributed by atoms with Gasteiger partial charge in [0.1, 0.15) is 6.04 Å². The van der Waals surface area contributed by atoms with Gasteiger partial charge in [-0.15, -0.1) is 0 Å². The number of hydrogen-bond acceptors (Lipinski definition) is 1. The lowest BCUT2D eigenvalue weighted by molar-refractivity contribution is -0.718. The van der Waals surface area contributed by atoms with Gasteiger partial charge in [-0.05, 0) is 25.1 Å². The Morgan fingerprint density at radius 1 is 1.04 bits per heavy atom. The van der Waals surface area contributed by atoms with Crippen LogP contribution in [0.25, 0.3) is 0 Å². The zero-order valence-corrected chi connectivity index (χ0v) is 14.5. The highest BCUT2D eigenvalue weighted by atomic mass is 35.5. The van der Waals surface area contributed by atoms with E-state index in [1.165, 1.54) is 5.56 Å². The molecular formula is C19H24ClN2O+. The average Bonchev–Trinajstić information content (AvgIpc) is 2.52. The van der Waals surface area contributed by atoms with Crippen molar-refractivity contribution in [3.8, 4) is 0 Å². The molecule has 0 aliphatic carbocycles. The lowest BCUT2D eigenvalue weighted by Gasteiger charge is -2.23. The van der Waals surface area contributed by atoms with Crippen LogP contribution in [-0.4, -0.2) is 11.9 Å². The Morgan fingerprint density at radius 2 is 1.74 bits per heavy atom. The monoisotopic (exact) mass is 331 g/mol. The van der Waals surface area contributed by atoms with Crippen molar-refractivity contribution in [2.45, 2.75) is 32.9 Å². The second kappa shape index (κ2) is 8.14. The molecule has 2 rings (SSSR count). The second-order valence-corrected chi connectivity index (χ2v) is 6.60. The van der Waals surface area contributed by atoms with E-state index in [4.69, 9.17) is 11.6 Å². The lowest BCUT2D eigenvalue weighted by atomic mass is 9.95. The largest absolute Gasteiger partial charge is 0.330 e. The number of nitrogens with two attached hydrogens (primary N) is 1. The Labute approximate surface area is 143 Å². The molecule has 0 bridgehead atoms. The van der Waals surface area contributed by atoms with Gasteiger partial charge < -0.3 is 10.6 Å². The van der Waals surface area contributed by atoms with Gasteiger partial charge in [0.2, 0.25) is 0 Å². The average molecular weight is 332 g/mol. The molecular weight excluding hydrogens is 308 g/mol. The summed E-state index contributed by atoms with van der Waals surface area (Å²) >= 11 is 5.95. The number of rotatable bonds is 6. The molecule has 2 aromatic carbocycles. The van der Waals surface area contributed by atoms with Crippen LogP contribution < -0.4 is 10.6 Å². The molecule has 1 amide bonds. The van der Waals surface area contributed by atoms with Gasteiger partial charge in [-0.25, -0.2) is 0 Å². The standard InChI is InChI=1S/C19H23ClN2O/c1-13(2)18(15-8-5-4-6-9-15)21-14(3)19(23)22-17-11-7-10-16(20)12-17/h4-14,18,21H,1-3H3,(H,22,23)/p+1/t14-,18+/m1/s1. The molecule has 0 heterocycles. The third-order valence-corrected chi connectivity index (χ3v) is 4.14. The molecule has 0 unspecified atom stereocenters. The van der Waals surface area contributed by atoms with Crippen LogP contribution in [0.15, 0.2) is 54.6 Å². The molecule has 2 atom stereocenters. The van der Waals surface area contributed by atoms with Gasteiger partial charge in [0, 0.05) is 22.2 Å². The number of carbonyl (C=O) groups is 1. The van der Waals surface area contributed by atoms with Crippen molar-refractivity contribution in [2.75, 3.05) is 5.32 Å². The number of benzene rings is 2. The van der Waals surface area contributed by atoms with Crippen LogP contribution in [0.4, 0.5) is 5.69 Å². The summed E-state index contributed by atoms with van der Waals surface area (Å²) in [4.78, 5) is 12.4. The quantitative estimate of drug-likeness (QED) is 0.834. The number of halogens is 1. The fraction of sp³-hybridized carbons (Fsp3) is 0.316. The molecule has 0 fully saturated rings. The molecule has 2 aromatic rings. The fourth-order valence-electron chi connectivity index (χ4n) is 2.61. The fourth-order valence-corrected chi connectivity index (χ4v) is 2.80. The van der Waals surface area contributed by atoms with Gasteiger partial charge >= 0.3 is 0 Å². The molecule has 0 spiro atoms. The Bertz CT molecular complexity index is 643. The first-order valence-corrected chi connectivity index (χ1v) is 8.31. The first-order chi connectivity index (χ1) is 11.0. The molecule has 0 aromatic heterocycles. The van der Waals surface area contributed by atoms with E-state index in [9.17, 15) is 4.79 Å². The predicted octanol–water partition coefficient (Wildman–Crippen LogP) is 3.63. The highest BCUT2D eigenvalue weighted by Gasteiger charge is 2.25. The number of amides is 1. The molecule has 3 nitrogen and oxygen atoms in total. The molecule has 0 aliphatic rings. The number of quaternary nitrogens is 1. The Hall–Kier alpha value is -1.84. The third-order valence-electron chi connectivity index (χ3n) is 3.90. The molecule has 23 heavy (non-hydrogen) atoms. The topological polar surface area (TPSA) is 45.7 Å². The van der Waals surface area contributed by atoms with Crippen molar-refractivity contribution in [3.63, 3.8) is 0 Å². The van der Waals surface area contributed by atoms with Crippen LogP contribution in [0.1, 0.15) is 32.4 Å². The van der Waals surface area contributed by atoms with E-state index < -0.39 is 0 Å². The molecule has 0 saturated carbocycles. The lowest BCUT2D eigenvalue weighted by Crippen LogP contribution is -2.93. The summed E-state index contributed by atoms with van der Waals surface area (Å²) in [7, 11) is 0. The first-order valence-electron chi connectivity index (χ1n) is 7.93. The Morgan fingerprint density at radius 3 is 2.35 bits per heavy atom. The maximum absolute atomic E-state index is 12.4. The van der Waals surface area contributed by atoms with Crippen LogP contribution in [0, 0.1) is 5.92 Å². The van der Waals surface area contributed by atoms with E-state index in [0.717, 1.165) is 5.69 Å². The summed E-state index contributed by atoms with van der Waals surface area (Å²) < 4.78 is 0. The van der Waals surface area contributed by atoms with Gasteiger partial charge in [-0.3, -0.25) is 4.79 Å². The highest BCUT2D eigenvalue weighted by molar-refractivity contribution is 6.30. The van der Waals surface area contributed by atoms with E-state index in [1.807, 2.05) is 37.3 Å². The predicted molar refractivity (Wildman–Crippen MR) is 95.5 cm³/mol. The molecule has 122 valence electrons. The molecule has 4 heteroatoms. The number of nitrogens with one attached hydrogen (secondary N) is 1. The van der Waals surface area contributed by atoms with Crippen molar-refractivity contribution in [1.29, 1.82) is 0 Å². The molecule has 3 N–H and O–H groups in total.